The molecule has 1 aromatic carbocycles. The van der Waals surface area contributed by atoms with Gasteiger partial charge in [-0.1, -0.05) is 0 Å². The molecule has 1 aliphatic rings. The topological polar surface area (TPSA) is 54.3 Å². The quantitative estimate of drug-likeness (QED) is 0.840. The van der Waals surface area contributed by atoms with Crippen LogP contribution in [0.25, 0.3) is 0 Å². The molecule has 2 N–H and O–H groups in total. The maximum Gasteiger partial charge on any atom is 0.416 e. The van der Waals surface area contributed by atoms with E-state index in [-0.39, 0.29) is 0 Å². The van der Waals surface area contributed by atoms with Gasteiger partial charge in [0.15, 0.2) is 0 Å². The zero-order valence-corrected chi connectivity index (χ0v) is 9.99. The van der Waals surface area contributed by atoms with E-state index in [9.17, 15) is 18.0 Å². The van der Waals surface area contributed by atoms with Gasteiger partial charge >= 0.3 is 12.2 Å². The third-order valence-electron chi connectivity index (χ3n) is 3.04. The highest BCUT2D eigenvalue weighted by Gasteiger charge is 2.34. The van der Waals surface area contributed by atoms with Crippen LogP contribution in [0, 0.1) is 0 Å². The highest BCUT2D eigenvalue weighted by atomic mass is 19.4. The van der Waals surface area contributed by atoms with Crippen molar-refractivity contribution in [3.63, 3.8) is 0 Å². The Morgan fingerprint density at radius 1 is 1.20 bits per heavy atom. The first-order valence-electron chi connectivity index (χ1n) is 5.77. The summed E-state index contributed by atoms with van der Waals surface area (Å²) in [7, 11) is 0. The number of rotatable bonds is 1. The normalized spacial score (nSPS) is 18.1. The number of carbonyl (C=O) groups excluding carboxylic acids is 1. The van der Waals surface area contributed by atoms with Gasteiger partial charge in [0, 0.05) is 11.3 Å². The van der Waals surface area contributed by atoms with Gasteiger partial charge < -0.3 is 15.1 Å². The second-order valence-corrected chi connectivity index (χ2v) is 4.35. The monoisotopic (exact) mass is 282 g/mol. The van der Waals surface area contributed by atoms with Crippen LogP contribution >= 0.6 is 0 Å². The molecule has 104 valence electrons. The first kappa shape index (κ1) is 12.6. The lowest BCUT2D eigenvalue weighted by Crippen LogP contribution is -2.38. The second kappa shape index (κ2) is 4.29. The molecule has 0 aliphatic carbocycles. The molecule has 0 bridgehead atoms. The van der Waals surface area contributed by atoms with E-state index in [1.165, 1.54) is 12.3 Å². The van der Waals surface area contributed by atoms with Crippen LogP contribution in [0.5, 0.6) is 0 Å². The van der Waals surface area contributed by atoms with Crippen LogP contribution < -0.4 is 10.6 Å². The molecule has 0 radical (unpaired) electrons. The predicted molar refractivity (Wildman–Crippen MR) is 64.1 cm³/mol. The van der Waals surface area contributed by atoms with Crippen LogP contribution in [-0.2, 0) is 6.18 Å². The van der Waals surface area contributed by atoms with Gasteiger partial charge in [-0.3, -0.25) is 0 Å². The van der Waals surface area contributed by atoms with Crippen LogP contribution in [0.15, 0.2) is 41.0 Å². The first-order chi connectivity index (χ1) is 9.45. The Morgan fingerprint density at radius 2 is 2.00 bits per heavy atom. The molecule has 0 saturated carbocycles. The molecule has 0 spiro atoms. The van der Waals surface area contributed by atoms with E-state index < -0.39 is 23.8 Å². The number of amides is 2. The number of urea groups is 1. The molecular formula is C13H9F3N2O2. The summed E-state index contributed by atoms with van der Waals surface area (Å²) in [6.07, 6.45) is -3.04. The van der Waals surface area contributed by atoms with Gasteiger partial charge in [0.25, 0.3) is 0 Å². The number of benzene rings is 1. The Hall–Kier alpha value is -2.44. The largest absolute Gasteiger partial charge is 0.467 e. The van der Waals surface area contributed by atoms with Crippen LogP contribution in [0.4, 0.5) is 23.7 Å². The minimum Gasteiger partial charge on any atom is -0.467 e. The van der Waals surface area contributed by atoms with E-state index in [0.29, 0.717) is 17.0 Å². The highest BCUT2D eigenvalue weighted by molar-refractivity contribution is 5.93. The van der Waals surface area contributed by atoms with Crippen molar-refractivity contribution < 1.29 is 22.4 Å². The number of carbonyl (C=O) groups is 1. The van der Waals surface area contributed by atoms with Crippen molar-refractivity contribution in [2.75, 3.05) is 5.32 Å². The molecule has 7 heteroatoms. The zero-order chi connectivity index (χ0) is 14.3. The highest BCUT2D eigenvalue weighted by Crippen LogP contribution is 2.37. The lowest BCUT2D eigenvalue weighted by molar-refractivity contribution is -0.137. The van der Waals surface area contributed by atoms with Crippen molar-refractivity contribution in [2.24, 2.45) is 0 Å². The molecular weight excluding hydrogens is 273 g/mol. The van der Waals surface area contributed by atoms with Crippen molar-refractivity contribution in [3.8, 4) is 0 Å². The molecule has 2 heterocycles. The van der Waals surface area contributed by atoms with Gasteiger partial charge in [-0.25, -0.2) is 4.79 Å². The summed E-state index contributed by atoms with van der Waals surface area (Å²) in [5.74, 6) is 0.375. The van der Waals surface area contributed by atoms with Crippen LogP contribution in [0.2, 0.25) is 0 Å². The first-order valence-corrected chi connectivity index (χ1v) is 5.77. The molecule has 1 aromatic heterocycles. The summed E-state index contributed by atoms with van der Waals surface area (Å²) in [4.78, 5) is 11.5. The second-order valence-electron chi connectivity index (χ2n) is 4.35. The smallest absolute Gasteiger partial charge is 0.416 e. The van der Waals surface area contributed by atoms with Gasteiger partial charge in [0.1, 0.15) is 11.8 Å². The SMILES string of the molecule is O=C1Nc2ccc(C(F)(F)F)cc2C(c2ccco2)N1. The third kappa shape index (κ3) is 2.11. The van der Waals surface area contributed by atoms with Gasteiger partial charge in [0.2, 0.25) is 0 Å². The van der Waals surface area contributed by atoms with E-state index >= 15 is 0 Å². The number of hydrogen-bond donors (Lipinski definition) is 2. The number of alkyl halides is 3. The molecule has 2 aromatic rings. The fourth-order valence-corrected chi connectivity index (χ4v) is 2.14. The Kier molecular flexibility index (Phi) is 2.70. The zero-order valence-electron chi connectivity index (χ0n) is 9.99. The molecule has 2 amide bonds. The average molecular weight is 282 g/mol. The molecule has 1 aliphatic heterocycles. The Morgan fingerprint density at radius 3 is 2.65 bits per heavy atom. The van der Waals surface area contributed by atoms with Gasteiger partial charge in [-0.2, -0.15) is 13.2 Å². The van der Waals surface area contributed by atoms with Crippen molar-refractivity contribution in [3.05, 3.63) is 53.5 Å². The van der Waals surface area contributed by atoms with Crippen molar-refractivity contribution in [2.45, 2.75) is 12.2 Å². The minimum absolute atomic E-state index is 0.314. The van der Waals surface area contributed by atoms with Crippen molar-refractivity contribution in [1.82, 2.24) is 5.32 Å². The fourth-order valence-electron chi connectivity index (χ4n) is 2.14. The standard InChI is InChI=1S/C13H9F3N2O2/c14-13(15,16)7-3-4-9-8(6-7)11(18-12(19)17-9)10-2-1-5-20-10/h1-6,11H,(H2,17,18,19). The summed E-state index contributed by atoms with van der Waals surface area (Å²) >= 11 is 0. The van der Waals surface area contributed by atoms with E-state index in [4.69, 9.17) is 4.42 Å². The summed E-state index contributed by atoms with van der Waals surface area (Å²) in [5.41, 5.74) is -0.122. The van der Waals surface area contributed by atoms with Gasteiger partial charge in [0.05, 0.1) is 11.8 Å². The van der Waals surface area contributed by atoms with E-state index in [1.54, 1.807) is 12.1 Å². The van der Waals surface area contributed by atoms with E-state index in [2.05, 4.69) is 10.6 Å². The fraction of sp³-hybridized carbons (Fsp3) is 0.154. The van der Waals surface area contributed by atoms with Crippen molar-refractivity contribution >= 4 is 11.7 Å². The van der Waals surface area contributed by atoms with Crippen LogP contribution in [-0.4, -0.2) is 6.03 Å². The number of nitrogens with one attached hydrogen (secondary N) is 2. The lowest BCUT2D eigenvalue weighted by Gasteiger charge is -2.26. The van der Waals surface area contributed by atoms with Crippen LogP contribution in [0.1, 0.15) is 22.9 Å². The molecule has 1 unspecified atom stereocenters. The number of hydrogen-bond acceptors (Lipinski definition) is 2. The maximum atomic E-state index is 12.8. The Balaban J connectivity index is 2.11. The number of fused-ring (bicyclic) bond motifs is 1. The molecule has 3 rings (SSSR count). The maximum absolute atomic E-state index is 12.8. The predicted octanol–water partition coefficient (Wildman–Crippen LogP) is 3.52. The number of furan rings is 1. The van der Waals surface area contributed by atoms with E-state index in [0.717, 1.165) is 12.1 Å². The number of anilines is 1. The summed E-state index contributed by atoms with van der Waals surface area (Å²) in [6, 6.07) is 5.16. The molecule has 0 saturated heterocycles. The van der Waals surface area contributed by atoms with Crippen molar-refractivity contribution in [1.29, 1.82) is 0 Å². The molecule has 20 heavy (non-hydrogen) atoms. The summed E-state index contributed by atoms with van der Waals surface area (Å²) in [5, 5.41) is 5.01. The lowest BCUT2D eigenvalue weighted by atomic mass is 9.98. The minimum atomic E-state index is -4.44. The molecule has 1 atom stereocenters. The summed E-state index contributed by atoms with van der Waals surface area (Å²) in [6.45, 7) is 0. The molecule has 0 fully saturated rings. The Bertz CT molecular complexity index is 650. The third-order valence-corrected chi connectivity index (χ3v) is 3.04. The average Bonchev–Trinajstić information content (AvgIpc) is 2.89. The Labute approximate surface area is 111 Å². The van der Waals surface area contributed by atoms with E-state index in [1.807, 2.05) is 0 Å². The van der Waals surface area contributed by atoms with Crippen LogP contribution in [0.3, 0.4) is 0 Å². The van der Waals surface area contributed by atoms with Gasteiger partial charge in [-0.05, 0) is 30.3 Å². The summed E-state index contributed by atoms with van der Waals surface area (Å²) < 4.78 is 43.5. The number of halogens is 3. The molecule has 4 nitrogen and oxygen atoms in total. The van der Waals surface area contributed by atoms with Gasteiger partial charge in [-0.15, -0.1) is 0 Å².